The van der Waals surface area contributed by atoms with Crippen molar-refractivity contribution in [2.45, 2.75) is 63.7 Å². The summed E-state index contributed by atoms with van der Waals surface area (Å²) in [4.78, 5) is 32.2. The first kappa shape index (κ1) is 30.7. The fraction of sp³-hybridized carbons (Fsp3) is 0.457. The molecule has 1 amide bonds. The molecule has 11 heteroatoms. The number of rotatable bonds is 8. The quantitative estimate of drug-likeness (QED) is 0.240. The van der Waals surface area contributed by atoms with Crippen LogP contribution in [-0.4, -0.2) is 75.3 Å². The number of carbonyl (C=O) groups excluding carboxylic acids is 1. The molecule has 242 valence electrons. The summed E-state index contributed by atoms with van der Waals surface area (Å²) < 4.78 is 48.8. The van der Waals surface area contributed by atoms with Crippen LogP contribution < -0.4 is 4.74 Å². The Morgan fingerprint density at radius 1 is 1.07 bits per heavy atom. The van der Waals surface area contributed by atoms with E-state index >= 15 is 0 Å². The van der Waals surface area contributed by atoms with Crippen LogP contribution >= 0.6 is 0 Å². The number of nitrogens with one attached hydrogen (secondary N) is 1. The summed E-state index contributed by atoms with van der Waals surface area (Å²) in [5, 5.41) is 0.915. The Bertz CT molecular complexity index is 1740. The summed E-state index contributed by atoms with van der Waals surface area (Å²) in [6, 6.07) is 10.3. The molecule has 0 bridgehead atoms. The van der Waals surface area contributed by atoms with E-state index in [0.717, 1.165) is 61.0 Å². The number of H-pyrrole nitrogens is 1. The Balaban J connectivity index is 1.08. The van der Waals surface area contributed by atoms with Crippen LogP contribution in [0.1, 0.15) is 71.7 Å². The predicted octanol–water partition coefficient (Wildman–Crippen LogP) is 6.47. The lowest BCUT2D eigenvalue weighted by atomic mass is 9.92. The van der Waals surface area contributed by atoms with Crippen molar-refractivity contribution < 1.29 is 22.7 Å². The Kier molecular flexibility index (Phi) is 8.23. The van der Waals surface area contributed by atoms with E-state index in [-0.39, 0.29) is 30.4 Å². The number of alkyl halides is 3. The highest BCUT2D eigenvalue weighted by Gasteiger charge is 2.35. The largest absolute Gasteiger partial charge is 0.455 e. The molecule has 0 spiro atoms. The molecule has 3 aromatic heterocycles. The molecule has 2 aliphatic heterocycles. The van der Waals surface area contributed by atoms with Crippen LogP contribution in [0.4, 0.5) is 13.2 Å². The molecule has 1 saturated heterocycles. The maximum atomic E-state index is 14.2. The second-order valence-electron chi connectivity index (χ2n) is 13.0. The summed E-state index contributed by atoms with van der Waals surface area (Å²) >= 11 is 0. The smallest absolute Gasteiger partial charge is 0.416 e. The maximum Gasteiger partial charge on any atom is 0.416 e. The molecule has 4 aromatic rings. The van der Waals surface area contributed by atoms with Gasteiger partial charge in [0.05, 0.1) is 29.3 Å². The maximum absolute atomic E-state index is 14.2. The molecule has 1 atom stereocenters. The van der Waals surface area contributed by atoms with Gasteiger partial charge in [0.15, 0.2) is 0 Å². The van der Waals surface area contributed by atoms with Crippen molar-refractivity contribution in [3.8, 4) is 11.5 Å². The number of likely N-dealkylation sites (N-methyl/N-ethyl adjacent to an activating group) is 1. The molecule has 8 nitrogen and oxygen atoms in total. The number of piperazine rings is 1. The van der Waals surface area contributed by atoms with E-state index in [4.69, 9.17) is 9.72 Å². The van der Waals surface area contributed by atoms with E-state index in [9.17, 15) is 18.0 Å². The van der Waals surface area contributed by atoms with E-state index in [1.807, 2.05) is 19.2 Å². The van der Waals surface area contributed by atoms with Crippen molar-refractivity contribution in [1.29, 1.82) is 0 Å². The molecule has 1 aromatic carbocycles. The minimum absolute atomic E-state index is 0.0249. The van der Waals surface area contributed by atoms with Gasteiger partial charge in [-0.2, -0.15) is 13.2 Å². The summed E-state index contributed by atoms with van der Waals surface area (Å²) in [6.07, 6.45) is 1.98. The fourth-order valence-electron chi connectivity index (χ4n) is 6.71. The summed E-state index contributed by atoms with van der Waals surface area (Å²) in [7, 11) is 2.02. The average Bonchev–Trinajstić information content (AvgIpc) is 3.80. The van der Waals surface area contributed by atoms with Gasteiger partial charge in [-0.15, -0.1) is 0 Å². The number of benzene rings is 1. The first-order valence-electron chi connectivity index (χ1n) is 16.2. The minimum atomic E-state index is -4.50. The van der Waals surface area contributed by atoms with Crippen LogP contribution in [0.25, 0.3) is 11.0 Å². The zero-order chi connectivity index (χ0) is 32.0. The van der Waals surface area contributed by atoms with E-state index in [2.05, 4.69) is 32.8 Å². The predicted molar refractivity (Wildman–Crippen MR) is 169 cm³/mol. The molecule has 46 heavy (non-hydrogen) atoms. The van der Waals surface area contributed by atoms with Crippen molar-refractivity contribution in [3.05, 3.63) is 82.4 Å². The van der Waals surface area contributed by atoms with E-state index in [1.165, 1.54) is 18.5 Å². The van der Waals surface area contributed by atoms with E-state index in [0.29, 0.717) is 36.1 Å². The van der Waals surface area contributed by atoms with Crippen LogP contribution in [-0.2, 0) is 30.5 Å². The van der Waals surface area contributed by atoms with Crippen LogP contribution in [0, 0.1) is 0 Å². The van der Waals surface area contributed by atoms with Crippen molar-refractivity contribution in [2.24, 2.45) is 0 Å². The van der Waals surface area contributed by atoms with Gasteiger partial charge in [0.2, 0.25) is 5.91 Å². The zero-order valence-electron chi connectivity index (χ0n) is 26.2. The van der Waals surface area contributed by atoms with Crippen LogP contribution in [0.3, 0.4) is 0 Å². The average molecular weight is 633 g/mol. The number of ether oxygens (including phenoxy) is 1. The van der Waals surface area contributed by atoms with Gasteiger partial charge >= 0.3 is 6.18 Å². The normalized spacial score (nSPS) is 19.4. The summed E-state index contributed by atoms with van der Waals surface area (Å²) in [5.41, 5.74) is 3.75. The molecular formula is C35H39F3N6O2. The van der Waals surface area contributed by atoms with Gasteiger partial charge in [-0.3, -0.25) is 14.7 Å². The van der Waals surface area contributed by atoms with Crippen molar-refractivity contribution in [2.75, 3.05) is 39.8 Å². The number of aromatic amines is 1. The highest BCUT2D eigenvalue weighted by atomic mass is 19.4. The fourth-order valence-corrected chi connectivity index (χ4v) is 6.71. The van der Waals surface area contributed by atoms with Crippen LogP contribution in [0.5, 0.6) is 11.5 Å². The number of amides is 1. The molecule has 1 saturated carbocycles. The number of aromatic nitrogens is 3. The van der Waals surface area contributed by atoms with Crippen LogP contribution in [0.2, 0.25) is 0 Å². The van der Waals surface area contributed by atoms with Crippen molar-refractivity contribution in [3.63, 3.8) is 0 Å². The van der Waals surface area contributed by atoms with Gasteiger partial charge in [-0.1, -0.05) is 19.1 Å². The summed E-state index contributed by atoms with van der Waals surface area (Å²) in [5.74, 6) is 1.63. The molecule has 0 radical (unpaired) electrons. The van der Waals surface area contributed by atoms with Crippen molar-refractivity contribution in [1.82, 2.24) is 29.7 Å². The number of halogens is 3. The minimum Gasteiger partial charge on any atom is -0.455 e. The number of hydrogen-bond donors (Lipinski definition) is 1. The molecular weight excluding hydrogens is 593 g/mol. The lowest BCUT2D eigenvalue weighted by Gasteiger charge is -2.34. The third kappa shape index (κ3) is 6.48. The highest BCUT2D eigenvalue weighted by molar-refractivity contribution is 5.84. The first-order chi connectivity index (χ1) is 22.1. The number of nitrogens with zero attached hydrogens (tertiary/aromatic N) is 5. The molecule has 1 aliphatic carbocycles. The molecule has 7 rings (SSSR count). The Morgan fingerprint density at radius 3 is 2.61 bits per heavy atom. The first-order valence-corrected chi connectivity index (χ1v) is 16.2. The number of fused-ring (bicyclic) bond motifs is 2. The van der Waals surface area contributed by atoms with Gasteiger partial charge in [-0.05, 0) is 73.2 Å². The summed E-state index contributed by atoms with van der Waals surface area (Å²) in [6.45, 7) is 6.21. The van der Waals surface area contributed by atoms with E-state index in [1.54, 1.807) is 29.4 Å². The van der Waals surface area contributed by atoms with Gasteiger partial charge in [0.1, 0.15) is 17.1 Å². The molecule has 3 aliphatic rings. The number of hydrogen-bond acceptors (Lipinski definition) is 6. The lowest BCUT2D eigenvalue weighted by molar-refractivity contribution is -0.138. The standard InChI is InChI=1S/C35H39F3N6O2/c1-3-23-20-44(32(45)15-22-4-5-25(29(14-22)35(36,37)38)19-43-12-10-42(2)11-13-43)21-26-16-27(18-40-33(23)26)46-31-8-9-39-34-28(31)17-30(41-34)24-6-7-24/h4-5,8-9,14,16-18,23-24H,3,6-7,10-13,15,19-21H2,1-2H3,(H,39,41)/t23-/m1/s1. The van der Waals surface area contributed by atoms with Crippen LogP contribution in [0.15, 0.2) is 48.8 Å². The molecule has 0 unspecified atom stereocenters. The Hall–Kier alpha value is -3.96. The van der Waals surface area contributed by atoms with Gasteiger partial charge in [0, 0.05) is 63.6 Å². The monoisotopic (exact) mass is 632 g/mol. The van der Waals surface area contributed by atoms with Gasteiger partial charge < -0.3 is 19.5 Å². The number of pyridine rings is 2. The van der Waals surface area contributed by atoms with Gasteiger partial charge in [-0.25, -0.2) is 4.98 Å². The lowest BCUT2D eigenvalue weighted by Crippen LogP contribution is -2.44. The molecule has 2 fully saturated rings. The molecule has 5 heterocycles. The third-order valence-electron chi connectivity index (χ3n) is 9.59. The zero-order valence-corrected chi connectivity index (χ0v) is 26.2. The second kappa shape index (κ2) is 12.3. The Morgan fingerprint density at radius 2 is 1.87 bits per heavy atom. The highest BCUT2D eigenvalue weighted by Crippen LogP contribution is 2.42. The third-order valence-corrected chi connectivity index (χ3v) is 9.59. The SMILES string of the molecule is CC[C@@H]1CN(C(=O)Cc2ccc(CN3CCN(C)CC3)c(C(F)(F)F)c2)Cc2cc(Oc3ccnc4[nH]c(C5CC5)cc34)cnc21. The number of carbonyl (C=O) groups is 1. The topological polar surface area (TPSA) is 77.6 Å². The van der Waals surface area contributed by atoms with E-state index < -0.39 is 11.7 Å². The second-order valence-corrected chi connectivity index (χ2v) is 13.0. The van der Waals surface area contributed by atoms with Crippen molar-refractivity contribution >= 4 is 16.9 Å². The Labute approximate surface area is 266 Å². The molecule has 1 N–H and O–H groups in total. The van der Waals surface area contributed by atoms with Gasteiger partial charge in [0.25, 0.3) is 0 Å².